The maximum atomic E-state index is 12.7. The maximum absolute atomic E-state index is 12.7. The van der Waals surface area contributed by atoms with Crippen LogP contribution >= 0.6 is 34.7 Å². The van der Waals surface area contributed by atoms with Gasteiger partial charge in [-0.1, -0.05) is 23.7 Å². The van der Waals surface area contributed by atoms with Gasteiger partial charge in [-0.25, -0.2) is 9.78 Å². The third kappa shape index (κ3) is 4.88. The smallest absolute Gasteiger partial charge is 0.321 e. The highest BCUT2D eigenvalue weighted by molar-refractivity contribution is 7.99. The number of rotatable bonds is 5. The van der Waals surface area contributed by atoms with E-state index in [2.05, 4.69) is 16.4 Å². The predicted octanol–water partition coefficient (Wildman–Crippen LogP) is 4.77. The number of carbonyl (C=O) groups is 1. The summed E-state index contributed by atoms with van der Waals surface area (Å²) < 4.78 is 0. The molecular formula is C17H20ClN3OS2. The molecule has 1 aromatic carbocycles. The van der Waals surface area contributed by atoms with Crippen LogP contribution in [0.4, 0.5) is 9.93 Å². The summed E-state index contributed by atoms with van der Waals surface area (Å²) in [5.41, 5.74) is 1.15. The van der Waals surface area contributed by atoms with Gasteiger partial charge in [0.05, 0.1) is 0 Å². The van der Waals surface area contributed by atoms with Gasteiger partial charge in [0.25, 0.3) is 0 Å². The molecule has 3 rings (SSSR count). The molecule has 2 heterocycles. The molecule has 1 aliphatic heterocycles. The molecule has 0 spiro atoms. The van der Waals surface area contributed by atoms with Crippen LogP contribution in [0.5, 0.6) is 0 Å². The summed E-state index contributed by atoms with van der Waals surface area (Å²) >= 11 is 9.47. The minimum atomic E-state index is -0.0520. The van der Waals surface area contributed by atoms with Crippen molar-refractivity contribution in [1.29, 1.82) is 0 Å². The summed E-state index contributed by atoms with van der Waals surface area (Å²) in [5, 5.41) is 6.18. The summed E-state index contributed by atoms with van der Waals surface area (Å²) in [6.45, 7) is 0.687. The monoisotopic (exact) mass is 381 g/mol. The van der Waals surface area contributed by atoms with Crippen LogP contribution < -0.4 is 5.32 Å². The molecule has 1 fully saturated rings. The predicted molar refractivity (Wildman–Crippen MR) is 103 cm³/mol. The lowest BCUT2D eigenvalue weighted by Crippen LogP contribution is -2.45. The largest absolute Gasteiger partial charge is 0.323 e. The molecule has 1 N–H and O–H groups in total. The number of amides is 2. The summed E-state index contributed by atoms with van der Waals surface area (Å²) in [5.74, 6) is 2.23. The van der Waals surface area contributed by atoms with Crippen molar-refractivity contribution < 1.29 is 4.79 Å². The minimum absolute atomic E-state index is 0.0520. The number of nitrogens with zero attached hydrogens (tertiary/aromatic N) is 2. The van der Waals surface area contributed by atoms with E-state index in [1.54, 1.807) is 6.20 Å². The lowest BCUT2D eigenvalue weighted by molar-refractivity contribution is 0.184. The molecule has 4 nitrogen and oxygen atoms in total. The Bertz CT molecular complexity index is 660. The van der Waals surface area contributed by atoms with E-state index in [0.29, 0.717) is 17.7 Å². The summed E-state index contributed by atoms with van der Waals surface area (Å²) in [7, 11) is 0. The van der Waals surface area contributed by atoms with Crippen molar-refractivity contribution in [1.82, 2.24) is 9.88 Å². The lowest BCUT2D eigenvalue weighted by Gasteiger charge is -2.34. The molecule has 0 bridgehead atoms. The van der Waals surface area contributed by atoms with Crippen molar-refractivity contribution in [2.24, 2.45) is 0 Å². The Morgan fingerprint density at radius 1 is 1.38 bits per heavy atom. The van der Waals surface area contributed by atoms with Crippen molar-refractivity contribution in [2.75, 3.05) is 23.4 Å². The van der Waals surface area contributed by atoms with Crippen LogP contribution in [0.3, 0.4) is 0 Å². The molecule has 0 saturated carbocycles. The van der Waals surface area contributed by atoms with E-state index in [1.165, 1.54) is 11.3 Å². The molecule has 1 saturated heterocycles. The topological polar surface area (TPSA) is 45.2 Å². The van der Waals surface area contributed by atoms with Crippen LogP contribution in [-0.2, 0) is 6.42 Å². The van der Waals surface area contributed by atoms with Crippen LogP contribution in [0, 0.1) is 0 Å². The zero-order valence-electron chi connectivity index (χ0n) is 13.3. The molecule has 0 atom stereocenters. The number of hydrogen-bond donors (Lipinski definition) is 1. The Morgan fingerprint density at radius 2 is 2.21 bits per heavy atom. The van der Waals surface area contributed by atoms with Crippen molar-refractivity contribution in [3.8, 4) is 0 Å². The van der Waals surface area contributed by atoms with Crippen molar-refractivity contribution in [2.45, 2.75) is 25.3 Å². The molecule has 2 aromatic rings. The van der Waals surface area contributed by atoms with Gasteiger partial charge in [-0.2, -0.15) is 11.8 Å². The minimum Gasteiger partial charge on any atom is -0.321 e. The first kappa shape index (κ1) is 17.6. The van der Waals surface area contributed by atoms with Gasteiger partial charge in [0.2, 0.25) is 0 Å². The lowest BCUT2D eigenvalue weighted by atomic mass is 10.1. The van der Waals surface area contributed by atoms with E-state index in [4.69, 9.17) is 11.6 Å². The number of nitrogens with one attached hydrogen (secondary N) is 1. The highest BCUT2D eigenvalue weighted by Gasteiger charge is 2.25. The number of aromatic nitrogens is 1. The van der Waals surface area contributed by atoms with Crippen molar-refractivity contribution in [3.05, 3.63) is 46.4 Å². The van der Waals surface area contributed by atoms with Crippen LogP contribution in [-0.4, -0.2) is 40.0 Å². The third-order valence-electron chi connectivity index (χ3n) is 4.07. The van der Waals surface area contributed by atoms with E-state index in [-0.39, 0.29) is 6.03 Å². The van der Waals surface area contributed by atoms with Gasteiger partial charge in [-0.3, -0.25) is 5.32 Å². The number of thioether (sulfide) groups is 1. The number of halogens is 1. The van der Waals surface area contributed by atoms with Crippen molar-refractivity contribution in [3.63, 3.8) is 0 Å². The molecule has 24 heavy (non-hydrogen) atoms. The van der Waals surface area contributed by atoms with Gasteiger partial charge >= 0.3 is 6.03 Å². The second-order valence-corrected chi connectivity index (χ2v) is 8.24. The number of urea groups is 1. The van der Waals surface area contributed by atoms with Gasteiger partial charge in [-0.05, 0) is 48.5 Å². The van der Waals surface area contributed by atoms with Gasteiger partial charge in [0, 0.05) is 29.2 Å². The van der Waals surface area contributed by atoms with Crippen LogP contribution in [0.1, 0.15) is 18.4 Å². The van der Waals surface area contributed by atoms with E-state index >= 15 is 0 Å². The third-order valence-corrected chi connectivity index (χ3v) is 6.04. The van der Waals surface area contributed by atoms with Crippen LogP contribution in [0.2, 0.25) is 5.02 Å². The van der Waals surface area contributed by atoms with Gasteiger partial charge in [0.1, 0.15) is 0 Å². The number of carbonyl (C=O) groups excluding carboxylic acids is 1. The summed E-state index contributed by atoms with van der Waals surface area (Å²) in [4.78, 5) is 18.9. The average molecular weight is 382 g/mol. The molecule has 128 valence electrons. The molecule has 1 aliphatic rings. The molecule has 0 unspecified atom stereocenters. The molecule has 1 aromatic heterocycles. The fraction of sp³-hybridized carbons (Fsp3) is 0.412. The first-order valence-corrected chi connectivity index (χ1v) is 10.4. The SMILES string of the molecule is O=C(Nc1nccs1)N(CCc1cccc(Cl)c1)C1CCSCC1. The van der Waals surface area contributed by atoms with E-state index < -0.39 is 0 Å². The number of benzene rings is 1. The van der Waals surface area contributed by atoms with Gasteiger partial charge in [0.15, 0.2) is 5.13 Å². The Balaban J connectivity index is 1.67. The van der Waals surface area contributed by atoms with E-state index in [1.807, 2.05) is 40.2 Å². The fourth-order valence-corrected chi connectivity index (χ4v) is 4.65. The second-order valence-electron chi connectivity index (χ2n) is 5.68. The Hall–Kier alpha value is -1.24. The van der Waals surface area contributed by atoms with Crippen LogP contribution in [0.25, 0.3) is 0 Å². The van der Waals surface area contributed by atoms with Crippen molar-refractivity contribution >= 4 is 45.9 Å². The van der Waals surface area contributed by atoms with Crippen LogP contribution in [0.15, 0.2) is 35.8 Å². The molecule has 2 amide bonds. The van der Waals surface area contributed by atoms with E-state index in [0.717, 1.165) is 41.4 Å². The van der Waals surface area contributed by atoms with Gasteiger partial charge < -0.3 is 4.90 Å². The maximum Gasteiger partial charge on any atom is 0.323 e. The highest BCUT2D eigenvalue weighted by Crippen LogP contribution is 2.23. The quantitative estimate of drug-likeness (QED) is 0.811. The fourth-order valence-electron chi connectivity index (χ4n) is 2.84. The first-order valence-electron chi connectivity index (χ1n) is 8.01. The zero-order valence-corrected chi connectivity index (χ0v) is 15.7. The molecular weight excluding hydrogens is 362 g/mol. The average Bonchev–Trinajstić information content (AvgIpc) is 3.09. The normalized spacial score (nSPS) is 15.2. The number of hydrogen-bond acceptors (Lipinski definition) is 4. The molecule has 0 aliphatic carbocycles. The standard InChI is InChI=1S/C17H20ClN3OS2/c18-14-3-1-2-13(12-14)4-8-21(15-5-9-23-10-6-15)17(22)20-16-19-7-11-24-16/h1-3,7,11-12,15H,4-6,8-10H2,(H,19,20,22). The molecule has 0 radical (unpaired) electrons. The first-order chi connectivity index (χ1) is 11.7. The van der Waals surface area contributed by atoms with E-state index in [9.17, 15) is 4.79 Å². The summed E-state index contributed by atoms with van der Waals surface area (Å²) in [6, 6.07) is 8.09. The summed E-state index contributed by atoms with van der Waals surface area (Å²) in [6.07, 6.45) is 4.60. The Labute approximate surface area is 155 Å². The second kappa shape index (κ2) is 8.74. The number of anilines is 1. The molecule has 7 heteroatoms. The Morgan fingerprint density at radius 3 is 2.92 bits per heavy atom. The van der Waals surface area contributed by atoms with Gasteiger partial charge in [-0.15, -0.1) is 11.3 Å². The Kier molecular flexibility index (Phi) is 6.40. The number of thiazole rings is 1. The zero-order chi connectivity index (χ0) is 16.8. The highest BCUT2D eigenvalue weighted by atomic mass is 35.5.